The molecule has 2 heteroatoms. The summed E-state index contributed by atoms with van der Waals surface area (Å²) in [6, 6.07) is 0. The first-order valence-electron chi connectivity index (χ1n) is 8.68. The van der Waals surface area contributed by atoms with Crippen LogP contribution in [0.15, 0.2) is 0 Å². The van der Waals surface area contributed by atoms with Gasteiger partial charge in [-0.25, -0.2) is 0 Å². The standard InChI is InChI=1S/C18H35NO/c1-14-8-7-10-17(12-14,13-19)18(20)11-6-5-9-15(18)16(2,3)4/h14-15,20H,5-13,19H2,1-4H3. The van der Waals surface area contributed by atoms with Crippen LogP contribution < -0.4 is 5.73 Å². The first kappa shape index (κ1) is 16.3. The Balaban J connectivity index is 2.37. The fourth-order valence-electron chi connectivity index (χ4n) is 5.36. The molecule has 0 radical (unpaired) electrons. The lowest BCUT2D eigenvalue weighted by Crippen LogP contribution is -2.62. The molecule has 2 rings (SSSR count). The first-order chi connectivity index (χ1) is 9.25. The quantitative estimate of drug-likeness (QED) is 0.800. The number of nitrogens with two attached hydrogens (primary N) is 1. The van der Waals surface area contributed by atoms with Crippen LogP contribution in [0.3, 0.4) is 0 Å². The van der Waals surface area contributed by atoms with Crippen molar-refractivity contribution in [3.8, 4) is 0 Å². The summed E-state index contributed by atoms with van der Waals surface area (Å²) < 4.78 is 0. The van der Waals surface area contributed by atoms with E-state index in [2.05, 4.69) is 27.7 Å². The van der Waals surface area contributed by atoms with Crippen molar-refractivity contribution in [3.05, 3.63) is 0 Å². The molecule has 4 unspecified atom stereocenters. The van der Waals surface area contributed by atoms with Gasteiger partial charge in [-0.15, -0.1) is 0 Å². The van der Waals surface area contributed by atoms with Crippen molar-refractivity contribution in [2.75, 3.05) is 6.54 Å². The molecule has 2 nitrogen and oxygen atoms in total. The summed E-state index contributed by atoms with van der Waals surface area (Å²) in [5, 5.41) is 11.8. The van der Waals surface area contributed by atoms with Crippen LogP contribution in [0.2, 0.25) is 0 Å². The first-order valence-corrected chi connectivity index (χ1v) is 8.68. The van der Waals surface area contributed by atoms with Gasteiger partial charge in [0.25, 0.3) is 0 Å². The zero-order chi connectivity index (χ0) is 15.0. The van der Waals surface area contributed by atoms with E-state index in [0.717, 1.165) is 25.7 Å². The van der Waals surface area contributed by atoms with Crippen LogP contribution >= 0.6 is 0 Å². The molecular formula is C18H35NO. The van der Waals surface area contributed by atoms with E-state index in [9.17, 15) is 5.11 Å². The second kappa shape index (κ2) is 5.61. The van der Waals surface area contributed by atoms with E-state index >= 15 is 0 Å². The van der Waals surface area contributed by atoms with Gasteiger partial charge in [0.1, 0.15) is 0 Å². The van der Waals surface area contributed by atoms with E-state index in [-0.39, 0.29) is 10.8 Å². The van der Waals surface area contributed by atoms with Crippen molar-refractivity contribution in [3.63, 3.8) is 0 Å². The minimum atomic E-state index is -0.549. The van der Waals surface area contributed by atoms with E-state index in [1.165, 1.54) is 25.7 Å². The summed E-state index contributed by atoms with van der Waals surface area (Å²) in [6.45, 7) is 9.88. The molecule has 2 aliphatic carbocycles. The van der Waals surface area contributed by atoms with Crippen LogP contribution in [0.5, 0.6) is 0 Å². The third-order valence-electron chi connectivity index (χ3n) is 6.32. The predicted octanol–water partition coefficient (Wildman–Crippen LogP) is 4.11. The molecule has 0 aromatic carbocycles. The Kier molecular flexibility index (Phi) is 4.57. The Hall–Kier alpha value is -0.0800. The Morgan fingerprint density at radius 2 is 1.80 bits per heavy atom. The van der Waals surface area contributed by atoms with Gasteiger partial charge >= 0.3 is 0 Å². The third-order valence-corrected chi connectivity index (χ3v) is 6.32. The molecule has 0 aromatic heterocycles. The molecule has 0 heterocycles. The number of hydrogen-bond donors (Lipinski definition) is 2. The van der Waals surface area contributed by atoms with Gasteiger partial charge in [-0.1, -0.05) is 53.4 Å². The number of aliphatic hydroxyl groups is 1. The van der Waals surface area contributed by atoms with Crippen molar-refractivity contribution in [2.24, 2.45) is 28.4 Å². The maximum Gasteiger partial charge on any atom is 0.0748 e. The van der Waals surface area contributed by atoms with Gasteiger partial charge in [-0.3, -0.25) is 0 Å². The molecule has 3 N–H and O–H groups in total. The average Bonchev–Trinajstić information content (AvgIpc) is 2.37. The zero-order valence-electron chi connectivity index (χ0n) is 14.0. The van der Waals surface area contributed by atoms with Crippen molar-refractivity contribution in [2.45, 2.75) is 84.7 Å². The molecule has 2 fully saturated rings. The topological polar surface area (TPSA) is 46.2 Å². The lowest BCUT2D eigenvalue weighted by Gasteiger charge is -2.59. The lowest BCUT2D eigenvalue weighted by atomic mass is 9.50. The average molecular weight is 281 g/mol. The van der Waals surface area contributed by atoms with Crippen molar-refractivity contribution < 1.29 is 5.11 Å². The molecule has 2 aliphatic rings. The Morgan fingerprint density at radius 1 is 1.10 bits per heavy atom. The van der Waals surface area contributed by atoms with Crippen LogP contribution in [0.25, 0.3) is 0 Å². The summed E-state index contributed by atoms with van der Waals surface area (Å²) in [5.74, 6) is 1.09. The van der Waals surface area contributed by atoms with Crippen LogP contribution in [-0.2, 0) is 0 Å². The van der Waals surface area contributed by atoms with Crippen molar-refractivity contribution >= 4 is 0 Å². The highest BCUT2D eigenvalue weighted by molar-refractivity contribution is 5.08. The predicted molar refractivity (Wildman–Crippen MR) is 85.5 cm³/mol. The smallest absolute Gasteiger partial charge is 0.0748 e. The van der Waals surface area contributed by atoms with Gasteiger partial charge in [0.15, 0.2) is 0 Å². The Labute approximate surface area is 125 Å². The van der Waals surface area contributed by atoms with Gasteiger partial charge in [0.05, 0.1) is 5.60 Å². The summed E-state index contributed by atoms with van der Waals surface area (Å²) >= 11 is 0. The van der Waals surface area contributed by atoms with Gasteiger partial charge in [-0.05, 0) is 42.9 Å². The van der Waals surface area contributed by atoms with E-state index in [0.29, 0.717) is 18.4 Å². The lowest BCUT2D eigenvalue weighted by molar-refractivity contribution is -0.187. The van der Waals surface area contributed by atoms with Crippen LogP contribution in [0, 0.1) is 22.7 Å². The molecule has 20 heavy (non-hydrogen) atoms. The maximum absolute atomic E-state index is 11.8. The van der Waals surface area contributed by atoms with Crippen LogP contribution in [0.4, 0.5) is 0 Å². The van der Waals surface area contributed by atoms with Crippen molar-refractivity contribution in [1.29, 1.82) is 0 Å². The highest BCUT2D eigenvalue weighted by Gasteiger charge is 2.57. The van der Waals surface area contributed by atoms with Crippen LogP contribution in [-0.4, -0.2) is 17.3 Å². The van der Waals surface area contributed by atoms with Gasteiger partial charge in [0, 0.05) is 12.0 Å². The highest BCUT2D eigenvalue weighted by Crippen LogP contribution is 2.57. The Morgan fingerprint density at radius 3 is 2.35 bits per heavy atom. The zero-order valence-corrected chi connectivity index (χ0v) is 14.0. The normalized spacial score (nSPS) is 43.5. The molecule has 2 saturated carbocycles. The summed E-state index contributed by atoms with van der Waals surface area (Å²) in [4.78, 5) is 0. The molecule has 0 bridgehead atoms. The van der Waals surface area contributed by atoms with E-state index in [4.69, 9.17) is 5.73 Å². The van der Waals surface area contributed by atoms with E-state index in [1.807, 2.05) is 0 Å². The van der Waals surface area contributed by atoms with E-state index in [1.54, 1.807) is 0 Å². The SMILES string of the molecule is CC1CCCC(CN)(C2(O)CCCCC2C(C)(C)C)C1. The Bertz CT molecular complexity index is 335. The van der Waals surface area contributed by atoms with E-state index < -0.39 is 5.60 Å². The molecule has 118 valence electrons. The van der Waals surface area contributed by atoms with Crippen molar-refractivity contribution in [1.82, 2.24) is 0 Å². The monoisotopic (exact) mass is 281 g/mol. The van der Waals surface area contributed by atoms with Gasteiger partial charge in [-0.2, -0.15) is 0 Å². The molecule has 0 amide bonds. The minimum absolute atomic E-state index is 0.0387. The fraction of sp³-hybridized carbons (Fsp3) is 1.00. The summed E-state index contributed by atoms with van der Waals surface area (Å²) in [5.41, 5.74) is 5.84. The van der Waals surface area contributed by atoms with Crippen LogP contribution in [0.1, 0.15) is 79.1 Å². The molecule has 0 spiro atoms. The maximum atomic E-state index is 11.8. The van der Waals surface area contributed by atoms with Gasteiger partial charge < -0.3 is 10.8 Å². The molecule has 0 aliphatic heterocycles. The highest BCUT2D eigenvalue weighted by atomic mass is 16.3. The van der Waals surface area contributed by atoms with Gasteiger partial charge in [0.2, 0.25) is 0 Å². The minimum Gasteiger partial charge on any atom is -0.389 e. The number of hydrogen-bond acceptors (Lipinski definition) is 2. The number of rotatable bonds is 2. The fourth-order valence-corrected chi connectivity index (χ4v) is 5.36. The largest absolute Gasteiger partial charge is 0.389 e. The summed E-state index contributed by atoms with van der Waals surface area (Å²) in [7, 11) is 0. The molecule has 0 saturated heterocycles. The third kappa shape index (κ3) is 2.66. The molecular weight excluding hydrogens is 246 g/mol. The molecule has 0 aromatic rings. The molecule has 4 atom stereocenters. The second-order valence-electron chi connectivity index (χ2n) is 8.77. The second-order valence-corrected chi connectivity index (χ2v) is 8.77. The summed E-state index contributed by atoms with van der Waals surface area (Å²) in [6.07, 6.45) is 9.33.